The minimum Gasteiger partial charge on any atom is -0.338 e. The quantitative estimate of drug-likeness (QED) is 0.923. The zero-order chi connectivity index (χ0) is 16.9. The lowest BCUT2D eigenvalue weighted by molar-refractivity contribution is 0.0758. The first-order valence-electron chi connectivity index (χ1n) is 9.37. The van der Waals surface area contributed by atoms with Gasteiger partial charge in [0.15, 0.2) is 0 Å². The molecule has 5 nitrogen and oxygen atoms in total. The molecule has 1 atom stereocenters. The van der Waals surface area contributed by atoms with Crippen molar-refractivity contribution in [3.05, 3.63) is 33.7 Å². The van der Waals surface area contributed by atoms with Crippen LogP contribution in [0.15, 0.2) is 17.1 Å². The number of nitrogens with one attached hydrogen (secondary N) is 1. The monoisotopic (exact) mass is 331 g/mol. The highest BCUT2D eigenvalue weighted by Crippen LogP contribution is 2.15. The largest absolute Gasteiger partial charge is 0.338 e. The van der Waals surface area contributed by atoms with Crippen molar-refractivity contribution in [2.24, 2.45) is 5.92 Å². The zero-order valence-electron chi connectivity index (χ0n) is 14.7. The Morgan fingerprint density at radius 3 is 2.62 bits per heavy atom. The van der Waals surface area contributed by atoms with Crippen LogP contribution < -0.4 is 10.9 Å². The van der Waals surface area contributed by atoms with E-state index >= 15 is 0 Å². The fraction of sp³-hybridized carbons (Fsp3) is 0.684. The molecule has 1 N–H and O–H groups in total. The van der Waals surface area contributed by atoms with Crippen LogP contribution in [0, 0.1) is 12.8 Å². The summed E-state index contributed by atoms with van der Waals surface area (Å²) in [5, 5.41) is 3.39. The molecule has 3 rings (SSSR count). The smallest absolute Gasteiger partial charge is 0.263 e. The Hall–Kier alpha value is -1.62. The van der Waals surface area contributed by atoms with Gasteiger partial charge in [-0.3, -0.25) is 9.59 Å². The van der Waals surface area contributed by atoms with Crippen LogP contribution in [0.5, 0.6) is 0 Å². The third-order valence-electron chi connectivity index (χ3n) is 5.33. The van der Waals surface area contributed by atoms with Gasteiger partial charge in [-0.2, -0.15) is 0 Å². The summed E-state index contributed by atoms with van der Waals surface area (Å²) in [5.74, 6) is 0.399. The van der Waals surface area contributed by atoms with Gasteiger partial charge >= 0.3 is 0 Å². The second-order valence-corrected chi connectivity index (χ2v) is 7.25. The fourth-order valence-electron chi connectivity index (χ4n) is 3.86. The van der Waals surface area contributed by atoms with E-state index < -0.39 is 0 Å². The lowest BCUT2D eigenvalue weighted by atomic mass is 9.99. The topological polar surface area (TPSA) is 54.3 Å². The minimum atomic E-state index is -0.116. The van der Waals surface area contributed by atoms with Crippen molar-refractivity contribution in [1.29, 1.82) is 0 Å². The molecule has 24 heavy (non-hydrogen) atoms. The summed E-state index contributed by atoms with van der Waals surface area (Å²) in [6.07, 6.45) is 8.59. The maximum atomic E-state index is 12.9. The molecule has 1 amide bonds. The highest BCUT2D eigenvalue weighted by Gasteiger charge is 2.23. The molecule has 5 heteroatoms. The summed E-state index contributed by atoms with van der Waals surface area (Å²) in [7, 11) is 0. The molecular weight excluding hydrogens is 302 g/mol. The first-order valence-corrected chi connectivity index (χ1v) is 9.37. The van der Waals surface area contributed by atoms with E-state index in [9.17, 15) is 9.59 Å². The van der Waals surface area contributed by atoms with E-state index in [4.69, 9.17) is 0 Å². The van der Waals surface area contributed by atoms with E-state index in [0.717, 1.165) is 57.4 Å². The lowest BCUT2D eigenvalue weighted by Gasteiger charge is -2.25. The molecule has 0 aromatic carbocycles. The first-order chi connectivity index (χ1) is 11.7. The number of amides is 1. The number of nitrogens with zero attached hydrogens (tertiary/aromatic N) is 2. The molecule has 0 saturated carbocycles. The number of likely N-dealkylation sites (tertiary alicyclic amines) is 1. The van der Waals surface area contributed by atoms with Crippen molar-refractivity contribution < 1.29 is 4.79 Å². The van der Waals surface area contributed by atoms with Gasteiger partial charge in [0.2, 0.25) is 0 Å². The lowest BCUT2D eigenvalue weighted by Crippen LogP contribution is -2.40. The molecule has 132 valence electrons. The normalized spacial score (nSPS) is 22.2. The van der Waals surface area contributed by atoms with E-state index in [0.29, 0.717) is 18.0 Å². The van der Waals surface area contributed by atoms with Gasteiger partial charge in [0.1, 0.15) is 5.56 Å². The van der Waals surface area contributed by atoms with Crippen LogP contribution in [-0.2, 0) is 6.54 Å². The molecule has 0 spiro atoms. The number of carbonyl (C=O) groups is 1. The summed E-state index contributed by atoms with van der Waals surface area (Å²) in [5.41, 5.74) is 1.06. The molecule has 0 radical (unpaired) electrons. The van der Waals surface area contributed by atoms with Crippen LogP contribution in [0.3, 0.4) is 0 Å². The number of pyridine rings is 1. The molecule has 1 aromatic rings. The molecule has 2 fully saturated rings. The standard InChI is InChI=1S/C19H29N3O2/c1-15-8-12-22(14-16-7-6-9-20-13-16)19(24)17(15)18(23)21-10-4-2-3-5-11-21/h8,12,16,20H,2-7,9-11,13-14H2,1H3. The van der Waals surface area contributed by atoms with E-state index in [-0.39, 0.29) is 11.5 Å². The molecule has 2 saturated heterocycles. The molecular formula is C19H29N3O2. The Kier molecular flexibility index (Phi) is 5.72. The summed E-state index contributed by atoms with van der Waals surface area (Å²) < 4.78 is 1.75. The van der Waals surface area contributed by atoms with Gasteiger partial charge in [0, 0.05) is 25.8 Å². The summed E-state index contributed by atoms with van der Waals surface area (Å²) >= 11 is 0. The number of hydrogen-bond donors (Lipinski definition) is 1. The second-order valence-electron chi connectivity index (χ2n) is 7.25. The van der Waals surface area contributed by atoms with Crippen molar-refractivity contribution in [1.82, 2.24) is 14.8 Å². The third-order valence-corrected chi connectivity index (χ3v) is 5.33. The third kappa shape index (κ3) is 3.89. The van der Waals surface area contributed by atoms with Crippen LogP contribution in [0.4, 0.5) is 0 Å². The Morgan fingerprint density at radius 1 is 1.21 bits per heavy atom. The molecule has 0 bridgehead atoms. The van der Waals surface area contributed by atoms with Gasteiger partial charge in [-0.25, -0.2) is 0 Å². The summed E-state index contributed by atoms with van der Waals surface area (Å²) in [6, 6.07) is 1.92. The van der Waals surface area contributed by atoms with Crippen molar-refractivity contribution in [3.8, 4) is 0 Å². The van der Waals surface area contributed by atoms with Crippen LogP contribution in [0.1, 0.15) is 54.4 Å². The first kappa shape index (κ1) is 17.2. The average molecular weight is 331 g/mol. The summed E-state index contributed by atoms with van der Waals surface area (Å²) in [6.45, 7) is 6.15. The molecule has 3 heterocycles. The van der Waals surface area contributed by atoms with Crippen molar-refractivity contribution in [2.75, 3.05) is 26.2 Å². The Morgan fingerprint density at radius 2 is 1.96 bits per heavy atom. The Bertz CT molecular complexity index is 624. The van der Waals surface area contributed by atoms with E-state index in [1.54, 1.807) is 4.57 Å². The highest BCUT2D eigenvalue weighted by atomic mass is 16.2. The number of hydrogen-bond acceptors (Lipinski definition) is 3. The van der Waals surface area contributed by atoms with Gasteiger partial charge in [-0.1, -0.05) is 12.8 Å². The van der Waals surface area contributed by atoms with E-state index in [1.807, 2.05) is 24.1 Å². The van der Waals surface area contributed by atoms with E-state index in [1.165, 1.54) is 12.8 Å². The summed E-state index contributed by atoms with van der Waals surface area (Å²) in [4.78, 5) is 27.7. The van der Waals surface area contributed by atoms with Gasteiger partial charge in [0.25, 0.3) is 11.5 Å². The number of aryl methyl sites for hydroxylation is 1. The maximum Gasteiger partial charge on any atom is 0.263 e. The molecule has 2 aliphatic heterocycles. The van der Waals surface area contributed by atoms with Crippen molar-refractivity contribution in [3.63, 3.8) is 0 Å². The second kappa shape index (κ2) is 7.97. The van der Waals surface area contributed by atoms with Crippen LogP contribution in [-0.4, -0.2) is 41.6 Å². The molecule has 1 aromatic heterocycles. The number of aromatic nitrogens is 1. The van der Waals surface area contributed by atoms with Crippen LogP contribution in [0.2, 0.25) is 0 Å². The van der Waals surface area contributed by atoms with Gasteiger partial charge in [-0.05, 0) is 63.2 Å². The van der Waals surface area contributed by atoms with Gasteiger partial charge < -0.3 is 14.8 Å². The number of rotatable bonds is 3. The zero-order valence-corrected chi connectivity index (χ0v) is 14.7. The van der Waals surface area contributed by atoms with Gasteiger partial charge in [-0.15, -0.1) is 0 Å². The van der Waals surface area contributed by atoms with Gasteiger partial charge in [0.05, 0.1) is 0 Å². The maximum absolute atomic E-state index is 12.9. The fourth-order valence-corrected chi connectivity index (χ4v) is 3.86. The minimum absolute atomic E-state index is 0.0736. The van der Waals surface area contributed by atoms with Crippen molar-refractivity contribution >= 4 is 5.91 Å². The van der Waals surface area contributed by atoms with Crippen LogP contribution in [0.25, 0.3) is 0 Å². The molecule has 1 unspecified atom stereocenters. The SMILES string of the molecule is Cc1ccn(CC2CCCNC2)c(=O)c1C(=O)N1CCCCCC1. The Labute approximate surface area is 144 Å². The molecule has 0 aliphatic carbocycles. The van der Waals surface area contributed by atoms with E-state index in [2.05, 4.69) is 5.32 Å². The predicted molar refractivity (Wildman–Crippen MR) is 95.4 cm³/mol. The highest BCUT2D eigenvalue weighted by molar-refractivity contribution is 5.95. The number of carbonyl (C=O) groups excluding carboxylic acids is 1. The van der Waals surface area contributed by atoms with Crippen molar-refractivity contribution in [2.45, 2.75) is 52.0 Å². The average Bonchev–Trinajstić information content (AvgIpc) is 2.88. The Balaban J connectivity index is 1.82. The predicted octanol–water partition coefficient (Wildman–Crippen LogP) is 2.17. The van der Waals surface area contributed by atoms with Crippen LogP contribution >= 0.6 is 0 Å². The number of piperidine rings is 1. The molecule has 2 aliphatic rings.